The Labute approximate surface area is 162 Å². The maximum Gasteiger partial charge on any atom is 0.339 e. The van der Waals surface area contributed by atoms with Gasteiger partial charge in [-0.15, -0.1) is 23.1 Å². The molecule has 1 heterocycles. The Balaban J connectivity index is 1.96. The second-order valence-electron chi connectivity index (χ2n) is 5.71. The molecular formula is C19H22N2O3S2. The molecule has 0 aliphatic heterocycles. The molecule has 0 radical (unpaired) electrons. The first-order valence-corrected chi connectivity index (χ1v) is 10.1. The molecule has 0 aliphatic carbocycles. The van der Waals surface area contributed by atoms with Gasteiger partial charge >= 0.3 is 5.97 Å². The van der Waals surface area contributed by atoms with Gasteiger partial charge in [-0.25, -0.2) is 9.78 Å². The normalized spacial score (nSPS) is 10.4. The zero-order chi connectivity index (χ0) is 18.9. The Morgan fingerprint density at radius 3 is 2.77 bits per heavy atom. The molecule has 1 amide bonds. The lowest BCUT2D eigenvalue weighted by Gasteiger charge is -2.20. The average molecular weight is 391 g/mol. The minimum atomic E-state index is -0.494. The minimum Gasteiger partial charge on any atom is -0.452 e. The van der Waals surface area contributed by atoms with Crippen molar-refractivity contribution in [2.75, 3.05) is 19.7 Å². The van der Waals surface area contributed by atoms with Crippen LogP contribution in [0.2, 0.25) is 0 Å². The fourth-order valence-corrected chi connectivity index (χ4v) is 3.83. The molecule has 2 aromatic rings. The van der Waals surface area contributed by atoms with Gasteiger partial charge in [-0.1, -0.05) is 24.3 Å². The van der Waals surface area contributed by atoms with Crippen molar-refractivity contribution in [1.82, 2.24) is 9.88 Å². The molecule has 138 valence electrons. The summed E-state index contributed by atoms with van der Waals surface area (Å²) in [6.07, 6.45) is 0. The number of carbonyl (C=O) groups excluding carboxylic acids is 2. The molecule has 0 aliphatic rings. The number of likely N-dealkylation sites (N-methyl/N-ethyl adjacent to an activating group) is 1. The van der Waals surface area contributed by atoms with E-state index in [2.05, 4.69) is 11.6 Å². The van der Waals surface area contributed by atoms with Crippen molar-refractivity contribution < 1.29 is 14.3 Å². The van der Waals surface area contributed by atoms with Crippen LogP contribution in [0.4, 0.5) is 0 Å². The van der Waals surface area contributed by atoms with Crippen LogP contribution in [0, 0.1) is 0 Å². The summed E-state index contributed by atoms with van der Waals surface area (Å²) in [6.45, 7) is 8.29. The minimum absolute atomic E-state index is 0.226. The molecule has 0 atom stereocenters. The highest BCUT2D eigenvalue weighted by Crippen LogP contribution is 2.26. The fraction of sp³-hybridized carbons (Fsp3) is 0.316. The first kappa shape index (κ1) is 20.2. The summed E-state index contributed by atoms with van der Waals surface area (Å²) in [5, 5.41) is 1.98. The lowest BCUT2D eigenvalue weighted by Crippen LogP contribution is -2.35. The highest BCUT2D eigenvalue weighted by Gasteiger charge is 2.17. The van der Waals surface area contributed by atoms with Gasteiger partial charge in [0.2, 0.25) is 0 Å². The van der Waals surface area contributed by atoms with Gasteiger partial charge in [0, 0.05) is 29.1 Å². The van der Waals surface area contributed by atoms with E-state index in [4.69, 9.17) is 4.74 Å². The number of rotatable bonds is 9. The Kier molecular flexibility index (Phi) is 7.87. The summed E-state index contributed by atoms with van der Waals surface area (Å²) in [4.78, 5) is 31.3. The second-order valence-corrected chi connectivity index (χ2v) is 7.44. The van der Waals surface area contributed by atoms with E-state index in [1.165, 1.54) is 11.8 Å². The summed E-state index contributed by atoms with van der Waals surface area (Å²) in [6, 6.07) is 7.23. The van der Waals surface area contributed by atoms with Crippen molar-refractivity contribution >= 4 is 35.0 Å². The van der Waals surface area contributed by atoms with Crippen molar-refractivity contribution in [2.45, 2.75) is 24.5 Å². The van der Waals surface area contributed by atoms with Gasteiger partial charge in [0.05, 0.1) is 16.8 Å². The van der Waals surface area contributed by atoms with Crippen molar-refractivity contribution in [3.8, 4) is 0 Å². The Morgan fingerprint density at radius 1 is 1.35 bits per heavy atom. The molecule has 0 unspecified atom stereocenters. The lowest BCUT2D eigenvalue weighted by molar-refractivity contribution is -0.133. The summed E-state index contributed by atoms with van der Waals surface area (Å²) >= 11 is 3.06. The summed E-state index contributed by atoms with van der Waals surface area (Å²) in [5.74, 6) is -0.0443. The van der Waals surface area contributed by atoms with E-state index in [1.54, 1.807) is 33.9 Å². The number of aromatic nitrogens is 1. The first-order valence-electron chi connectivity index (χ1n) is 8.19. The predicted molar refractivity (Wildman–Crippen MR) is 105 cm³/mol. The van der Waals surface area contributed by atoms with Crippen LogP contribution < -0.4 is 0 Å². The number of thioether (sulfide) groups is 1. The van der Waals surface area contributed by atoms with Crippen molar-refractivity contribution in [1.29, 1.82) is 0 Å². The number of ether oxygens (including phenoxy) is 1. The van der Waals surface area contributed by atoms with Crippen LogP contribution in [0.15, 0.2) is 52.2 Å². The third-order valence-corrected chi connectivity index (χ3v) is 5.23. The highest BCUT2D eigenvalue weighted by molar-refractivity contribution is 7.98. The van der Waals surface area contributed by atoms with Crippen LogP contribution in [0.1, 0.15) is 29.9 Å². The van der Waals surface area contributed by atoms with Gasteiger partial charge in [0.1, 0.15) is 0 Å². The van der Waals surface area contributed by atoms with Crippen LogP contribution in [0.5, 0.6) is 0 Å². The Morgan fingerprint density at radius 2 is 2.12 bits per heavy atom. The molecule has 1 aromatic carbocycles. The fourth-order valence-electron chi connectivity index (χ4n) is 2.22. The van der Waals surface area contributed by atoms with Gasteiger partial charge < -0.3 is 9.64 Å². The van der Waals surface area contributed by atoms with Crippen LogP contribution >= 0.6 is 23.1 Å². The van der Waals surface area contributed by atoms with E-state index in [0.29, 0.717) is 24.4 Å². The molecule has 1 aromatic heterocycles. The molecule has 7 heteroatoms. The van der Waals surface area contributed by atoms with Gasteiger partial charge in [-0.05, 0) is 26.0 Å². The molecule has 0 fully saturated rings. The van der Waals surface area contributed by atoms with E-state index in [1.807, 2.05) is 31.4 Å². The maximum atomic E-state index is 12.4. The zero-order valence-electron chi connectivity index (χ0n) is 14.9. The van der Waals surface area contributed by atoms with Crippen molar-refractivity contribution in [3.05, 3.63) is 58.6 Å². The SMILES string of the molecule is C=C(C)CN(CC)C(=O)COC(=O)c1ccccc1SCc1cscn1. The summed E-state index contributed by atoms with van der Waals surface area (Å²) < 4.78 is 5.25. The summed E-state index contributed by atoms with van der Waals surface area (Å²) in [7, 11) is 0. The van der Waals surface area contributed by atoms with Gasteiger partial charge in [0.15, 0.2) is 6.61 Å². The molecule has 0 saturated heterocycles. The monoisotopic (exact) mass is 390 g/mol. The van der Waals surface area contributed by atoms with Gasteiger partial charge in [-0.3, -0.25) is 4.79 Å². The lowest BCUT2D eigenvalue weighted by atomic mass is 10.2. The summed E-state index contributed by atoms with van der Waals surface area (Å²) in [5.41, 5.74) is 4.10. The topological polar surface area (TPSA) is 59.5 Å². The number of nitrogens with zero attached hydrogens (tertiary/aromatic N) is 2. The van der Waals surface area contributed by atoms with Crippen LogP contribution in [-0.4, -0.2) is 41.5 Å². The van der Waals surface area contributed by atoms with E-state index >= 15 is 0 Å². The van der Waals surface area contributed by atoms with E-state index in [9.17, 15) is 9.59 Å². The number of carbonyl (C=O) groups is 2. The molecule has 0 N–H and O–H groups in total. The molecule has 0 saturated carbocycles. The number of hydrogen-bond donors (Lipinski definition) is 0. The Hall–Kier alpha value is -2.12. The van der Waals surface area contributed by atoms with Crippen LogP contribution in [0.3, 0.4) is 0 Å². The molecular weight excluding hydrogens is 368 g/mol. The average Bonchev–Trinajstić information content (AvgIpc) is 3.15. The quantitative estimate of drug-likeness (QED) is 0.368. The third-order valence-electron chi connectivity index (χ3n) is 3.49. The number of amides is 1. The molecule has 5 nitrogen and oxygen atoms in total. The van der Waals surface area contributed by atoms with E-state index < -0.39 is 5.97 Å². The molecule has 0 bridgehead atoms. The largest absolute Gasteiger partial charge is 0.452 e. The van der Waals surface area contributed by atoms with Crippen LogP contribution in [0.25, 0.3) is 0 Å². The molecule has 26 heavy (non-hydrogen) atoms. The predicted octanol–water partition coefficient (Wildman–Crippen LogP) is 4.02. The third kappa shape index (κ3) is 6.00. The second kappa shape index (κ2) is 10.1. The highest BCUT2D eigenvalue weighted by atomic mass is 32.2. The number of thiazole rings is 1. The van der Waals surface area contributed by atoms with Crippen molar-refractivity contribution in [3.63, 3.8) is 0 Å². The first-order chi connectivity index (χ1) is 12.5. The number of esters is 1. The zero-order valence-corrected chi connectivity index (χ0v) is 16.6. The van der Waals surface area contributed by atoms with E-state index in [0.717, 1.165) is 16.2 Å². The van der Waals surface area contributed by atoms with Gasteiger partial charge in [-0.2, -0.15) is 0 Å². The maximum absolute atomic E-state index is 12.4. The Bertz CT molecular complexity index is 760. The smallest absolute Gasteiger partial charge is 0.339 e. The van der Waals surface area contributed by atoms with E-state index in [-0.39, 0.29) is 12.5 Å². The molecule has 0 spiro atoms. The van der Waals surface area contributed by atoms with Crippen molar-refractivity contribution in [2.24, 2.45) is 0 Å². The number of benzene rings is 1. The number of hydrogen-bond acceptors (Lipinski definition) is 6. The molecule has 2 rings (SSSR count). The standard InChI is InChI=1S/C19H22N2O3S2/c1-4-21(9-14(2)3)18(22)10-24-19(23)16-7-5-6-8-17(16)26-12-15-11-25-13-20-15/h5-8,11,13H,2,4,9-10,12H2,1,3H3. The van der Waals surface area contributed by atoms with Crippen LogP contribution in [-0.2, 0) is 15.3 Å². The van der Waals surface area contributed by atoms with Gasteiger partial charge in [0.25, 0.3) is 5.91 Å².